The highest BCUT2D eigenvalue weighted by molar-refractivity contribution is 9.10. The van der Waals surface area contributed by atoms with Gasteiger partial charge in [0.25, 0.3) is 0 Å². The molecule has 0 amide bonds. The highest BCUT2D eigenvalue weighted by Gasteiger charge is 2.02. The van der Waals surface area contributed by atoms with Crippen molar-refractivity contribution in [1.29, 1.82) is 0 Å². The molecule has 2 N–H and O–H groups in total. The number of benzene rings is 2. The van der Waals surface area contributed by atoms with Gasteiger partial charge in [-0.3, -0.25) is 0 Å². The van der Waals surface area contributed by atoms with Crippen molar-refractivity contribution in [2.45, 2.75) is 6.61 Å². The van der Waals surface area contributed by atoms with Crippen molar-refractivity contribution in [1.82, 2.24) is 0 Å². The molecule has 4 heteroatoms. The maximum Gasteiger partial charge on any atom is 0.127 e. The smallest absolute Gasteiger partial charge is 0.127 e. The van der Waals surface area contributed by atoms with E-state index in [9.17, 15) is 10.2 Å². The molecule has 0 unspecified atom stereocenters. The summed E-state index contributed by atoms with van der Waals surface area (Å²) in [5.41, 5.74) is 0.996. The van der Waals surface area contributed by atoms with Crippen LogP contribution in [0.25, 0.3) is 0 Å². The van der Waals surface area contributed by atoms with Crippen molar-refractivity contribution in [2.75, 3.05) is 0 Å². The largest absolute Gasteiger partial charge is 0.508 e. The first-order chi connectivity index (χ1) is 8.15. The SMILES string of the molecule is Oc1cc(O)cc(OCc2ccccc2Br)c1. The lowest BCUT2D eigenvalue weighted by molar-refractivity contribution is 0.301. The van der Waals surface area contributed by atoms with Crippen LogP contribution in [0, 0.1) is 0 Å². The van der Waals surface area contributed by atoms with Gasteiger partial charge in [0.1, 0.15) is 23.9 Å². The van der Waals surface area contributed by atoms with Gasteiger partial charge < -0.3 is 14.9 Å². The minimum atomic E-state index is -0.0212. The van der Waals surface area contributed by atoms with Crippen LogP contribution in [0.15, 0.2) is 46.9 Å². The average Bonchev–Trinajstić information content (AvgIpc) is 2.27. The van der Waals surface area contributed by atoms with E-state index in [1.165, 1.54) is 18.2 Å². The van der Waals surface area contributed by atoms with Gasteiger partial charge in [0.15, 0.2) is 0 Å². The summed E-state index contributed by atoms with van der Waals surface area (Å²) in [5, 5.41) is 18.6. The van der Waals surface area contributed by atoms with Gasteiger partial charge in [0.05, 0.1) is 0 Å². The number of aromatic hydroxyl groups is 2. The van der Waals surface area contributed by atoms with Crippen molar-refractivity contribution in [2.24, 2.45) is 0 Å². The number of phenolic OH excluding ortho intramolecular Hbond substituents is 2. The lowest BCUT2D eigenvalue weighted by atomic mass is 10.2. The molecule has 0 aliphatic rings. The van der Waals surface area contributed by atoms with Crippen LogP contribution in [0.4, 0.5) is 0 Å². The first-order valence-electron chi connectivity index (χ1n) is 5.04. The van der Waals surface area contributed by atoms with Crippen molar-refractivity contribution in [3.63, 3.8) is 0 Å². The Morgan fingerprint density at radius 2 is 1.65 bits per heavy atom. The Morgan fingerprint density at radius 3 is 2.29 bits per heavy atom. The third-order valence-electron chi connectivity index (χ3n) is 2.23. The molecule has 3 nitrogen and oxygen atoms in total. The molecule has 2 rings (SSSR count). The maximum absolute atomic E-state index is 9.30. The molecule has 2 aromatic rings. The van der Waals surface area contributed by atoms with Crippen molar-refractivity contribution < 1.29 is 14.9 Å². The molecule has 0 saturated heterocycles. The predicted octanol–water partition coefficient (Wildman–Crippen LogP) is 3.44. The normalized spacial score (nSPS) is 10.2. The molecular weight excluding hydrogens is 284 g/mol. The molecule has 88 valence electrons. The Hall–Kier alpha value is -1.68. The van der Waals surface area contributed by atoms with Gasteiger partial charge in [0, 0.05) is 28.2 Å². The number of rotatable bonds is 3. The monoisotopic (exact) mass is 294 g/mol. The summed E-state index contributed by atoms with van der Waals surface area (Å²) >= 11 is 3.42. The molecule has 0 saturated carbocycles. The molecule has 0 fully saturated rings. The standard InChI is InChI=1S/C13H11BrO3/c14-13-4-2-1-3-9(13)8-17-12-6-10(15)5-11(16)7-12/h1-7,15-16H,8H2. The Labute approximate surface area is 107 Å². The first-order valence-corrected chi connectivity index (χ1v) is 5.83. The fraction of sp³-hybridized carbons (Fsp3) is 0.0769. The minimum absolute atomic E-state index is 0.0212. The molecule has 0 radical (unpaired) electrons. The predicted molar refractivity (Wildman–Crippen MR) is 68.2 cm³/mol. The second-order valence-electron chi connectivity index (χ2n) is 3.57. The summed E-state index contributed by atoms with van der Waals surface area (Å²) in [4.78, 5) is 0. The first kappa shape index (κ1) is 11.8. The van der Waals surface area contributed by atoms with Crippen LogP contribution in [0.5, 0.6) is 17.2 Å². The van der Waals surface area contributed by atoms with Gasteiger partial charge in [0.2, 0.25) is 0 Å². The zero-order chi connectivity index (χ0) is 12.3. The Morgan fingerprint density at radius 1 is 1.00 bits per heavy atom. The van der Waals surface area contributed by atoms with E-state index >= 15 is 0 Å². The zero-order valence-electron chi connectivity index (χ0n) is 8.93. The van der Waals surface area contributed by atoms with Crippen LogP contribution in [-0.2, 0) is 6.61 Å². The fourth-order valence-electron chi connectivity index (χ4n) is 1.43. The van der Waals surface area contributed by atoms with Gasteiger partial charge in [-0.25, -0.2) is 0 Å². The summed E-state index contributed by atoms with van der Waals surface area (Å²) < 4.78 is 6.45. The third-order valence-corrected chi connectivity index (χ3v) is 3.00. The van der Waals surface area contributed by atoms with E-state index < -0.39 is 0 Å². The zero-order valence-corrected chi connectivity index (χ0v) is 10.5. The van der Waals surface area contributed by atoms with E-state index in [1.807, 2.05) is 24.3 Å². The number of ether oxygens (including phenoxy) is 1. The average molecular weight is 295 g/mol. The van der Waals surface area contributed by atoms with Crippen molar-refractivity contribution >= 4 is 15.9 Å². The third kappa shape index (κ3) is 3.14. The number of hydrogen-bond donors (Lipinski definition) is 2. The topological polar surface area (TPSA) is 49.7 Å². The Balaban J connectivity index is 2.10. The van der Waals surface area contributed by atoms with Gasteiger partial charge in [-0.2, -0.15) is 0 Å². The lowest BCUT2D eigenvalue weighted by Crippen LogP contribution is -1.96. The Kier molecular flexibility index (Phi) is 3.54. The van der Waals surface area contributed by atoms with Crippen LogP contribution in [0.2, 0.25) is 0 Å². The number of phenols is 2. The van der Waals surface area contributed by atoms with E-state index in [-0.39, 0.29) is 11.5 Å². The van der Waals surface area contributed by atoms with Gasteiger partial charge in [-0.05, 0) is 6.07 Å². The summed E-state index contributed by atoms with van der Waals surface area (Å²) in [7, 11) is 0. The second-order valence-corrected chi connectivity index (χ2v) is 4.42. The second kappa shape index (κ2) is 5.10. The van der Waals surface area contributed by atoms with Crippen LogP contribution in [-0.4, -0.2) is 10.2 Å². The van der Waals surface area contributed by atoms with E-state index in [2.05, 4.69) is 15.9 Å². The van der Waals surface area contributed by atoms with Crippen LogP contribution in [0.1, 0.15) is 5.56 Å². The highest BCUT2D eigenvalue weighted by Crippen LogP contribution is 2.27. The molecule has 17 heavy (non-hydrogen) atoms. The highest BCUT2D eigenvalue weighted by atomic mass is 79.9. The van der Waals surface area contributed by atoms with E-state index in [4.69, 9.17) is 4.74 Å². The Bertz CT molecular complexity index is 506. The molecule has 0 aromatic heterocycles. The van der Waals surface area contributed by atoms with Crippen molar-refractivity contribution in [3.05, 3.63) is 52.5 Å². The molecule has 0 aliphatic carbocycles. The minimum Gasteiger partial charge on any atom is -0.508 e. The summed E-state index contributed by atoms with van der Waals surface area (Å²) in [5.74, 6) is 0.387. The van der Waals surface area contributed by atoms with E-state index in [0.717, 1.165) is 10.0 Å². The van der Waals surface area contributed by atoms with Crippen LogP contribution >= 0.6 is 15.9 Å². The van der Waals surface area contributed by atoms with Crippen LogP contribution in [0.3, 0.4) is 0 Å². The molecule has 0 aliphatic heterocycles. The molecule has 0 heterocycles. The summed E-state index contributed by atoms with van der Waals surface area (Å²) in [6.07, 6.45) is 0. The number of hydrogen-bond acceptors (Lipinski definition) is 3. The van der Waals surface area contributed by atoms with Gasteiger partial charge in [-0.15, -0.1) is 0 Å². The summed E-state index contributed by atoms with van der Waals surface area (Å²) in [6, 6.07) is 11.9. The quantitative estimate of drug-likeness (QED) is 0.912. The molecule has 0 bridgehead atoms. The van der Waals surface area contributed by atoms with E-state index in [0.29, 0.717) is 12.4 Å². The van der Waals surface area contributed by atoms with Gasteiger partial charge >= 0.3 is 0 Å². The maximum atomic E-state index is 9.30. The fourth-order valence-corrected chi connectivity index (χ4v) is 1.83. The van der Waals surface area contributed by atoms with E-state index in [1.54, 1.807) is 0 Å². The number of halogens is 1. The summed E-state index contributed by atoms with van der Waals surface area (Å²) in [6.45, 7) is 0.365. The molecular formula is C13H11BrO3. The van der Waals surface area contributed by atoms with Crippen LogP contribution < -0.4 is 4.74 Å². The molecule has 2 aromatic carbocycles. The van der Waals surface area contributed by atoms with Gasteiger partial charge in [-0.1, -0.05) is 34.1 Å². The molecule has 0 atom stereocenters. The molecule has 0 spiro atoms. The lowest BCUT2D eigenvalue weighted by Gasteiger charge is -2.08. The van der Waals surface area contributed by atoms with Crippen molar-refractivity contribution in [3.8, 4) is 17.2 Å².